The molecule has 0 saturated carbocycles. The van der Waals surface area contributed by atoms with E-state index in [9.17, 15) is 27.2 Å². The molecule has 1 saturated heterocycles. The predicted octanol–water partition coefficient (Wildman–Crippen LogP) is 2.61. The van der Waals surface area contributed by atoms with E-state index >= 15 is 0 Å². The number of amides is 2. The summed E-state index contributed by atoms with van der Waals surface area (Å²) in [5, 5.41) is 4.47. The highest BCUT2D eigenvalue weighted by Gasteiger charge is 2.34. The van der Waals surface area contributed by atoms with Gasteiger partial charge in [0.15, 0.2) is 5.82 Å². The summed E-state index contributed by atoms with van der Waals surface area (Å²) in [5.41, 5.74) is -1.50. The highest BCUT2D eigenvalue weighted by molar-refractivity contribution is 6.39. The van der Waals surface area contributed by atoms with Gasteiger partial charge in [-0.2, -0.15) is 13.2 Å². The average molecular weight is 425 g/mol. The number of piperidine rings is 1. The third kappa shape index (κ3) is 5.43. The summed E-state index contributed by atoms with van der Waals surface area (Å²) in [6, 6.07) is 4.44. The van der Waals surface area contributed by atoms with Gasteiger partial charge in [-0.25, -0.2) is 14.4 Å². The van der Waals surface area contributed by atoms with Crippen LogP contribution >= 0.6 is 0 Å². The fourth-order valence-electron chi connectivity index (χ4n) is 3.14. The van der Waals surface area contributed by atoms with Crippen molar-refractivity contribution < 1.29 is 27.2 Å². The first-order chi connectivity index (χ1) is 14.2. The number of hydrogen-bond donors (Lipinski definition) is 2. The van der Waals surface area contributed by atoms with Crippen molar-refractivity contribution >= 4 is 23.5 Å². The Balaban J connectivity index is 1.47. The Bertz CT molecular complexity index is 897. The van der Waals surface area contributed by atoms with Gasteiger partial charge < -0.3 is 15.5 Å². The van der Waals surface area contributed by atoms with Crippen molar-refractivity contribution in [1.82, 2.24) is 15.3 Å². The molecule has 2 N–H and O–H groups in total. The predicted molar refractivity (Wildman–Crippen MR) is 100 cm³/mol. The van der Waals surface area contributed by atoms with Gasteiger partial charge in [0.05, 0.1) is 23.6 Å². The van der Waals surface area contributed by atoms with Gasteiger partial charge in [-0.1, -0.05) is 12.1 Å². The lowest BCUT2D eigenvalue weighted by molar-refractivity contribution is -0.138. The maximum absolute atomic E-state index is 13.0. The minimum atomic E-state index is -4.65. The van der Waals surface area contributed by atoms with Crippen LogP contribution in [0.3, 0.4) is 0 Å². The highest BCUT2D eigenvalue weighted by atomic mass is 19.4. The first-order valence-corrected chi connectivity index (χ1v) is 9.22. The zero-order valence-corrected chi connectivity index (χ0v) is 15.7. The number of carbonyl (C=O) groups is 2. The molecule has 0 bridgehead atoms. The van der Waals surface area contributed by atoms with E-state index in [1.54, 1.807) is 0 Å². The standard InChI is InChI=1S/C19H19F4N5O2/c20-13-10-25-18(26-11-13)28-7-5-12(6-8-28)9-24-16(29)17(30)27-15-4-2-1-3-14(15)19(21,22)23/h1-4,10-12H,5-9H2,(H,24,29)(H,27,30). The van der Waals surface area contributed by atoms with Crippen LogP contribution in [0.15, 0.2) is 36.7 Å². The Morgan fingerprint density at radius 3 is 2.33 bits per heavy atom. The van der Waals surface area contributed by atoms with Crippen LogP contribution in [0.1, 0.15) is 18.4 Å². The number of benzene rings is 1. The molecule has 30 heavy (non-hydrogen) atoms. The first-order valence-electron chi connectivity index (χ1n) is 9.22. The molecule has 3 rings (SSSR count). The van der Waals surface area contributed by atoms with Crippen molar-refractivity contribution in [3.8, 4) is 0 Å². The molecule has 0 unspecified atom stereocenters. The molecule has 7 nitrogen and oxygen atoms in total. The Hall–Kier alpha value is -3.24. The van der Waals surface area contributed by atoms with E-state index in [0.717, 1.165) is 24.5 Å². The van der Waals surface area contributed by atoms with Gasteiger partial charge >= 0.3 is 18.0 Å². The Morgan fingerprint density at radius 2 is 1.70 bits per heavy atom. The zero-order valence-electron chi connectivity index (χ0n) is 15.7. The molecule has 2 amide bonds. The third-order valence-corrected chi connectivity index (χ3v) is 4.74. The van der Waals surface area contributed by atoms with Crippen molar-refractivity contribution in [1.29, 1.82) is 0 Å². The molecular formula is C19H19F4N5O2. The molecule has 0 spiro atoms. The average Bonchev–Trinajstić information content (AvgIpc) is 2.72. The van der Waals surface area contributed by atoms with E-state index in [1.165, 1.54) is 12.1 Å². The quantitative estimate of drug-likeness (QED) is 0.581. The van der Waals surface area contributed by atoms with E-state index in [4.69, 9.17) is 0 Å². The molecule has 1 aromatic heterocycles. The fourth-order valence-corrected chi connectivity index (χ4v) is 3.14. The Labute approximate surface area is 169 Å². The zero-order chi connectivity index (χ0) is 21.7. The molecule has 0 atom stereocenters. The van der Waals surface area contributed by atoms with Gasteiger partial charge in [-0.3, -0.25) is 9.59 Å². The number of nitrogens with zero attached hydrogens (tertiary/aromatic N) is 3. The largest absolute Gasteiger partial charge is 0.418 e. The van der Waals surface area contributed by atoms with E-state index in [2.05, 4.69) is 15.3 Å². The number of hydrogen-bond acceptors (Lipinski definition) is 5. The van der Waals surface area contributed by atoms with Gasteiger partial charge in [0, 0.05) is 19.6 Å². The molecule has 0 radical (unpaired) electrons. The van der Waals surface area contributed by atoms with E-state index in [0.29, 0.717) is 31.9 Å². The normalized spacial score (nSPS) is 15.0. The summed E-state index contributed by atoms with van der Waals surface area (Å²) < 4.78 is 51.8. The van der Waals surface area contributed by atoms with E-state index in [-0.39, 0.29) is 12.5 Å². The van der Waals surface area contributed by atoms with Crippen LogP contribution in [-0.2, 0) is 15.8 Å². The maximum Gasteiger partial charge on any atom is 0.418 e. The van der Waals surface area contributed by atoms with Gasteiger partial charge in [0.2, 0.25) is 5.95 Å². The first kappa shape index (κ1) is 21.5. The van der Waals surface area contributed by atoms with Crippen LogP contribution < -0.4 is 15.5 Å². The fraction of sp³-hybridized carbons (Fsp3) is 0.368. The third-order valence-electron chi connectivity index (χ3n) is 4.74. The molecule has 1 aliphatic rings. The number of rotatable bonds is 4. The SMILES string of the molecule is O=C(NCC1CCN(c2ncc(F)cn2)CC1)C(=O)Nc1ccccc1C(F)(F)F. The summed E-state index contributed by atoms with van der Waals surface area (Å²) in [6.07, 6.45) is -1.12. The summed E-state index contributed by atoms with van der Waals surface area (Å²) in [6.45, 7) is 1.40. The number of carbonyl (C=O) groups excluding carboxylic acids is 2. The van der Waals surface area contributed by atoms with Crippen molar-refractivity contribution in [2.75, 3.05) is 29.9 Å². The molecule has 11 heteroatoms. The summed E-state index contributed by atoms with van der Waals surface area (Å²) >= 11 is 0. The second kappa shape index (κ2) is 9.06. The number of nitrogens with one attached hydrogen (secondary N) is 2. The molecule has 160 valence electrons. The second-order valence-electron chi connectivity index (χ2n) is 6.84. The minimum absolute atomic E-state index is 0.0842. The summed E-state index contributed by atoms with van der Waals surface area (Å²) in [4.78, 5) is 33.7. The number of anilines is 2. The lowest BCUT2D eigenvalue weighted by Crippen LogP contribution is -2.42. The van der Waals surface area contributed by atoms with E-state index < -0.39 is 35.1 Å². The maximum atomic E-state index is 13.0. The lowest BCUT2D eigenvalue weighted by atomic mass is 9.97. The van der Waals surface area contributed by atoms with Gasteiger partial charge in [-0.15, -0.1) is 0 Å². The number of aromatic nitrogens is 2. The second-order valence-corrected chi connectivity index (χ2v) is 6.84. The van der Waals surface area contributed by atoms with Crippen LogP contribution in [0, 0.1) is 11.7 Å². The van der Waals surface area contributed by atoms with Crippen LogP contribution in [0.5, 0.6) is 0 Å². The van der Waals surface area contributed by atoms with Crippen LogP contribution in [0.4, 0.5) is 29.2 Å². The molecule has 1 aliphatic heterocycles. The minimum Gasteiger partial charge on any atom is -0.348 e. The number of alkyl halides is 3. The molecule has 2 aromatic rings. The molecule has 1 aromatic carbocycles. The van der Waals surface area contributed by atoms with Crippen LogP contribution in [-0.4, -0.2) is 41.4 Å². The number of para-hydroxylation sites is 1. The van der Waals surface area contributed by atoms with Crippen molar-refractivity contribution in [2.24, 2.45) is 5.92 Å². The Kier molecular flexibility index (Phi) is 6.48. The van der Waals surface area contributed by atoms with E-state index in [1.807, 2.05) is 10.2 Å². The van der Waals surface area contributed by atoms with Crippen molar-refractivity contribution in [3.63, 3.8) is 0 Å². The topological polar surface area (TPSA) is 87.2 Å². The molecular weight excluding hydrogens is 406 g/mol. The van der Waals surface area contributed by atoms with Gasteiger partial charge in [0.1, 0.15) is 0 Å². The number of halogens is 4. The molecule has 2 heterocycles. The van der Waals surface area contributed by atoms with Crippen molar-refractivity contribution in [2.45, 2.75) is 19.0 Å². The smallest absolute Gasteiger partial charge is 0.348 e. The van der Waals surface area contributed by atoms with Gasteiger partial charge in [-0.05, 0) is 30.9 Å². The molecule has 0 aliphatic carbocycles. The lowest BCUT2D eigenvalue weighted by Gasteiger charge is -2.31. The summed E-state index contributed by atoms with van der Waals surface area (Å²) in [7, 11) is 0. The van der Waals surface area contributed by atoms with Crippen LogP contribution in [0.25, 0.3) is 0 Å². The van der Waals surface area contributed by atoms with Crippen LogP contribution in [0.2, 0.25) is 0 Å². The summed E-state index contributed by atoms with van der Waals surface area (Å²) in [5.74, 6) is -2.19. The van der Waals surface area contributed by atoms with Gasteiger partial charge in [0.25, 0.3) is 0 Å². The monoisotopic (exact) mass is 425 g/mol. The van der Waals surface area contributed by atoms with Crippen molar-refractivity contribution in [3.05, 3.63) is 48.0 Å². The highest BCUT2D eigenvalue weighted by Crippen LogP contribution is 2.34. The Morgan fingerprint density at radius 1 is 1.07 bits per heavy atom. The molecule has 1 fully saturated rings.